The van der Waals surface area contributed by atoms with Crippen LogP contribution in [0.5, 0.6) is 0 Å². The van der Waals surface area contributed by atoms with Gasteiger partial charge in [-0.1, -0.05) is 76.6 Å². The fourth-order valence-electron chi connectivity index (χ4n) is 4.61. The molecule has 0 radical (unpaired) electrons. The minimum Gasteiger partial charge on any atom is -0.468 e. The van der Waals surface area contributed by atoms with E-state index in [-0.39, 0.29) is 18.4 Å². The van der Waals surface area contributed by atoms with E-state index < -0.39 is 35.7 Å². The van der Waals surface area contributed by atoms with E-state index in [1.807, 2.05) is 45.9 Å². The standard InChI is InChI=1S/C32H53N3O6/c1-10-11-12-13-14-15-18-35(30(38)26(19-22(2)3)34-31(39)41-32(6,7)8)28(29(37)33-21-27(36)40-9)25-20-23(4)16-17-24(25)5/h16-17,20,22,26,28H,10-15,18-19,21H2,1-9H3,(H,33,37)(H,34,39). The highest BCUT2D eigenvalue weighted by Gasteiger charge is 2.37. The number of hydrogen-bond donors (Lipinski definition) is 2. The summed E-state index contributed by atoms with van der Waals surface area (Å²) >= 11 is 0. The monoisotopic (exact) mass is 575 g/mol. The quantitative estimate of drug-likeness (QED) is 0.191. The number of nitrogens with one attached hydrogen (secondary N) is 2. The van der Waals surface area contributed by atoms with Crippen LogP contribution in [-0.2, 0) is 23.9 Å². The van der Waals surface area contributed by atoms with Gasteiger partial charge in [-0.2, -0.15) is 0 Å². The molecule has 9 heteroatoms. The van der Waals surface area contributed by atoms with Crippen molar-refractivity contribution in [2.45, 2.75) is 118 Å². The Kier molecular flexibility index (Phi) is 15.5. The molecule has 9 nitrogen and oxygen atoms in total. The molecule has 41 heavy (non-hydrogen) atoms. The van der Waals surface area contributed by atoms with E-state index in [4.69, 9.17) is 9.47 Å². The Morgan fingerprint density at radius 2 is 1.61 bits per heavy atom. The minimum absolute atomic E-state index is 0.0853. The van der Waals surface area contributed by atoms with Crippen LogP contribution >= 0.6 is 0 Å². The minimum atomic E-state index is -1.00. The number of ether oxygens (including phenoxy) is 2. The third-order valence-corrected chi connectivity index (χ3v) is 6.66. The number of aryl methyl sites for hydroxylation is 2. The summed E-state index contributed by atoms with van der Waals surface area (Å²) < 4.78 is 10.2. The molecule has 0 bridgehead atoms. The second-order valence-electron chi connectivity index (χ2n) is 12.2. The summed E-state index contributed by atoms with van der Waals surface area (Å²) in [6.45, 7) is 15.2. The number of amides is 3. The van der Waals surface area contributed by atoms with Gasteiger partial charge in [0.25, 0.3) is 0 Å². The van der Waals surface area contributed by atoms with Gasteiger partial charge < -0.3 is 25.0 Å². The third-order valence-electron chi connectivity index (χ3n) is 6.66. The Labute approximate surface area is 247 Å². The molecule has 0 aliphatic heterocycles. The number of hydrogen-bond acceptors (Lipinski definition) is 6. The predicted molar refractivity (Wildman–Crippen MR) is 161 cm³/mol. The van der Waals surface area contributed by atoms with E-state index in [1.165, 1.54) is 7.11 Å². The third kappa shape index (κ3) is 13.4. The number of esters is 1. The normalized spacial score (nSPS) is 12.8. The fraction of sp³-hybridized carbons (Fsp3) is 0.688. The number of methoxy groups -OCH3 is 1. The van der Waals surface area contributed by atoms with Gasteiger partial charge in [0.2, 0.25) is 11.8 Å². The molecule has 2 atom stereocenters. The topological polar surface area (TPSA) is 114 Å². The van der Waals surface area contributed by atoms with Gasteiger partial charge in [-0.15, -0.1) is 0 Å². The SMILES string of the molecule is CCCCCCCCN(C(=O)C(CC(C)C)NC(=O)OC(C)(C)C)C(C(=O)NCC(=O)OC)c1cc(C)ccc1C. The number of nitrogens with zero attached hydrogens (tertiary/aromatic N) is 1. The second kappa shape index (κ2) is 17.7. The van der Waals surface area contributed by atoms with Crippen LogP contribution in [0.15, 0.2) is 18.2 Å². The maximum atomic E-state index is 14.3. The summed E-state index contributed by atoms with van der Waals surface area (Å²) in [5.74, 6) is -1.35. The first-order chi connectivity index (χ1) is 19.2. The van der Waals surface area contributed by atoms with Crippen molar-refractivity contribution in [2.24, 2.45) is 5.92 Å². The average molecular weight is 576 g/mol. The predicted octanol–water partition coefficient (Wildman–Crippen LogP) is 5.76. The van der Waals surface area contributed by atoms with Gasteiger partial charge in [-0.25, -0.2) is 4.79 Å². The summed E-state index contributed by atoms with van der Waals surface area (Å²) in [4.78, 5) is 54.4. The highest BCUT2D eigenvalue weighted by molar-refractivity contribution is 5.93. The first-order valence-corrected chi connectivity index (χ1v) is 14.9. The zero-order valence-corrected chi connectivity index (χ0v) is 26.7. The van der Waals surface area contributed by atoms with Crippen molar-refractivity contribution in [3.8, 4) is 0 Å². The van der Waals surface area contributed by atoms with Gasteiger partial charge in [0.05, 0.1) is 7.11 Å². The number of rotatable bonds is 16. The van der Waals surface area contributed by atoms with Gasteiger partial charge in [-0.3, -0.25) is 14.4 Å². The van der Waals surface area contributed by atoms with Gasteiger partial charge in [-0.05, 0) is 64.5 Å². The van der Waals surface area contributed by atoms with E-state index in [9.17, 15) is 19.2 Å². The summed E-state index contributed by atoms with van der Waals surface area (Å²) in [6, 6.07) is 3.87. The van der Waals surface area contributed by atoms with Crippen molar-refractivity contribution >= 4 is 23.9 Å². The molecule has 2 N–H and O–H groups in total. The molecule has 0 aliphatic rings. The highest BCUT2D eigenvalue weighted by Crippen LogP contribution is 2.28. The molecule has 0 fully saturated rings. The lowest BCUT2D eigenvalue weighted by Gasteiger charge is -2.35. The van der Waals surface area contributed by atoms with Crippen LogP contribution in [0.4, 0.5) is 4.79 Å². The van der Waals surface area contributed by atoms with E-state index in [2.05, 4.69) is 17.6 Å². The molecular formula is C32H53N3O6. The summed E-state index contributed by atoms with van der Waals surface area (Å²) in [5.41, 5.74) is 1.72. The van der Waals surface area contributed by atoms with Gasteiger partial charge in [0.1, 0.15) is 24.2 Å². The summed E-state index contributed by atoms with van der Waals surface area (Å²) in [5, 5.41) is 5.44. The average Bonchev–Trinajstić information content (AvgIpc) is 2.88. The number of benzene rings is 1. The lowest BCUT2D eigenvalue weighted by atomic mass is 9.94. The van der Waals surface area contributed by atoms with Crippen LogP contribution in [0.25, 0.3) is 0 Å². The number of carbonyl (C=O) groups is 4. The lowest BCUT2D eigenvalue weighted by molar-refractivity contribution is -0.145. The van der Waals surface area contributed by atoms with E-state index in [0.717, 1.165) is 43.2 Å². The second-order valence-corrected chi connectivity index (χ2v) is 12.2. The maximum absolute atomic E-state index is 14.3. The van der Waals surface area contributed by atoms with Crippen LogP contribution in [0.2, 0.25) is 0 Å². The van der Waals surface area contributed by atoms with Gasteiger partial charge in [0.15, 0.2) is 0 Å². The maximum Gasteiger partial charge on any atom is 0.408 e. The molecule has 0 saturated heterocycles. The Hall–Kier alpha value is -3.10. The molecule has 0 aliphatic carbocycles. The van der Waals surface area contributed by atoms with Crippen LogP contribution in [0.3, 0.4) is 0 Å². The molecule has 2 unspecified atom stereocenters. The smallest absolute Gasteiger partial charge is 0.408 e. The lowest BCUT2D eigenvalue weighted by Crippen LogP contribution is -2.54. The van der Waals surface area contributed by atoms with Crippen LogP contribution in [0, 0.1) is 19.8 Å². The Morgan fingerprint density at radius 3 is 2.20 bits per heavy atom. The molecule has 0 saturated carbocycles. The van der Waals surface area contributed by atoms with Crippen LogP contribution < -0.4 is 10.6 Å². The van der Waals surface area contributed by atoms with Crippen LogP contribution in [0.1, 0.15) is 109 Å². The summed E-state index contributed by atoms with van der Waals surface area (Å²) in [7, 11) is 1.25. The number of carbonyl (C=O) groups excluding carboxylic acids is 4. The van der Waals surface area contributed by atoms with Crippen molar-refractivity contribution in [2.75, 3.05) is 20.2 Å². The van der Waals surface area contributed by atoms with Crippen molar-refractivity contribution in [1.82, 2.24) is 15.5 Å². The van der Waals surface area contributed by atoms with Crippen molar-refractivity contribution in [3.63, 3.8) is 0 Å². The molecule has 0 aromatic heterocycles. The zero-order valence-electron chi connectivity index (χ0n) is 26.7. The van der Waals surface area contributed by atoms with Crippen molar-refractivity contribution in [3.05, 3.63) is 34.9 Å². The van der Waals surface area contributed by atoms with Crippen LogP contribution in [-0.4, -0.2) is 60.6 Å². The molecule has 0 heterocycles. The van der Waals surface area contributed by atoms with Crippen molar-refractivity contribution in [1.29, 1.82) is 0 Å². The van der Waals surface area contributed by atoms with E-state index in [0.29, 0.717) is 24.9 Å². The Morgan fingerprint density at radius 1 is 0.976 bits per heavy atom. The molecule has 1 rings (SSSR count). The van der Waals surface area contributed by atoms with Gasteiger partial charge in [0, 0.05) is 6.54 Å². The molecule has 232 valence electrons. The number of unbranched alkanes of at least 4 members (excludes halogenated alkanes) is 5. The van der Waals surface area contributed by atoms with E-state index >= 15 is 0 Å². The van der Waals surface area contributed by atoms with Crippen molar-refractivity contribution < 1.29 is 28.7 Å². The largest absolute Gasteiger partial charge is 0.468 e. The van der Waals surface area contributed by atoms with Gasteiger partial charge >= 0.3 is 12.1 Å². The number of alkyl carbamates (subject to hydrolysis) is 1. The molecular weight excluding hydrogens is 522 g/mol. The zero-order chi connectivity index (χ0) is 31.2. The first-order valence-electron chi connectivity index (χ1n) is 14.9. The summed E-state index contributed by atoms with van der Waals surface area (Å²) in [6.07, 6.45) is 5.71. The van der Waals surface area contributed by atoms with E-state index in [1.54, 1.807) is 25.7 Å². The highest BCUT2D eigenvalue weighted by atomic mass is 16.6. The molecule has 3 amide bonds. The molecule has 1 aromatic rings. The first kappa shape index (κ1) is 35.9. The molecule has 1 aromatic carbocycles. The fourth-order valence-corrected chi connectivity index (χ4v) is 4.61. The Balaban J connectivity index is 3.54. The molecule has 0 spiro atoms. The Bertz CT molecular complexity index is 1000.